The maximum absolute atomic E-state index is 11.1. The Balaban J connectivity index is 0.000000152. The second kappa shape index (κ2) is 43.0. The second-order valence-corrected chi connectivity index (χ2v) is 35.6. The molecule has 27 rings (SSSR count). The van der Waals surface area contributed by atoms with Crippen LogP contribution in [-0.2, 0) is 0 Å². The standard InChI is InChI=1S/C62H40N6.C60H42N4.C9H7NO.CH4P.CH3.2Li/c1-5-17-41(18-6-1)51-39-55(43-29-33-45(34-30-43)61-65-53-25-13-15-27-57(53)67(61)47-21-9-3-10-22-47)63-59-49(51)37-38-50-52(42-19-7-2-8-20-42)40-56(64-60(50)59)44-31-35-46(36-32-44)62-66-54-26-14-16-28-58(54)68(62)48-23-11-4-12-24-48;1-3-15-45(16-4-1)61(49-35-39-51(40-36-49)63-57-23-11-7-19-53(57)54-20-8-12-24-58(54)63)47-31-27-43(28-32-47)44-29-33-48(34-30-44)62(46-17-5-2-6-18-46)50-37-41-52(42-38-50)64-59-25-13-9-21-55(59)56-22-10-14-26-60(56)64;11-8-5-1-3-7-4-2-6-10-9(7)8;1-2;;;/h1-40H;1-42H;1-6,11H;2H,1H3;1H3;;/q;;;2*-1;2*+1/p-1. The number of anilines is 6. The molecule has 0 spiro atoms. The SMILES string of the molecule is C[PH-].[CH3-].[Li+].[Li+].[O-]c1cccc2cccnc12.c1ccc(-c2cc(-c3ccc(-c4nc5ccccc5n4-c4ccccc4)cc3)nc3c2ccc2c(-c4ccccc4)cc(-c4ccc(-c5nc6ccccc6n5-c5ccccc5)cc4)nc23)cc1.c1ccc(N(c2ccc(-c3ccc(N(c4ccccc4)c4ccc(-n5c6ccccc6c6ccccc65)cc4)cc3)cc2)c2ccc(-n3c4ccccc4c4ccccc43)cc2)cc1. The number of fused-ring (bicyclic) bond motifs is 12. The number of benzene rings is 20. The van der Waals surface area contributed by atoms with Gasteiger partial charge >= 0.3 is 37.7 Å². The number of nitrogens with zero attached hydrogens (tertiary/aromatic N) is 11. The molecule has 0 saturated carbocycles. The van der Waals surface area contributed by atoms with E-state index in [4.69, 9.17) is 19.9 Å². The minimum Gasteiger partial charge on any atom is -0.871 e. The summed E-state index contributed by atoms with van der Waals surface area (Å²) in [6.45, 7) is 1.81. The number of pyridine rings is 3. The molecule has 0 saturated heterocycles. The summed E-state index contributed by atoms with van der Waals surface area (Å²) < 4.78 is 9.20. The summed E-state index contributed by atoms with van der Waals surface area (Å²) in [5, 5.41) is 19.1. The molecule has 7 aromatic heterocycles. The fraction of sp³-hybridized carbons (Fsp3) is 0.00752. The number of imidazole rings is 2. The molecule has 0 atom stereocenters. The van der Waals surface area contributed by atoms with Crippen molar-refractivity contribution in [3.63, 3.8) is 0 Å². The average molecular weight is 1910 g/mol. The van der Waals surface area contributed by atoms with E-state index in [1.54, 1.807) is 18.9 Å². The molecule has 15 heteroatoms. The minimum absolute atomic E-state index is 0. The molecule has 12 nitrogen and oxygen atoms in total. The van der Waals surface area contributed by atoms with Gasteiger partial charge in [0.1, 0.15) is 11.6 Å². The summed E-state index contributed by atoms with van der Waals surface area (Å²) in [5.41, 5.74) is 34.6. The molecule has 0 amide bonds. The van der Waals surface area contributed by atoms with Crippen molar-refractivity contribution in [3.8, 4) is 107 Å². The van der Waals surface area contributed by atoms with E-state index in [1.165, 1.54) is 49.7 Å². The van der Waals surface area contributed by atoms with Crippen molar-refractivity contribution in [2.24, 2.45) is 0 Å². The van der Waals surface area contributed by atoms with Gasteiger partial charge in [-0.05, 0) is 227 Å². The van der Waals surface area contributed by atoms with E-state index in [1.807, 2.05) is 42.5 Å². The molecule has 0 N–H and O–H groups in total. The van der Waals surface area contributed by atoms with Gasteiger partial charge < -0.3 is 40.7 Å². The van der Waals surface area contributed by atoms with E-state index in [-0.39, 0.29) is 50.9 Å². The summed E-state index contributed by atoms with van der Waals surface area (Å²) in [5.74, 6) is 1.77. The second-order valence-electron chi connectivity index (χ2n) is 35.6. The van der Waals surface area contributed by atoms with Gasteiger partial charge in [0.2, 0.25) is 0 Å². The predicted molar refractivity (Wildman–Crippen MR) is 611 cm³/mol. The topological polar surface area (TPSA) is 114 Å². The van der Waals surface area contributed by atoms with Crippen LogP contribution in [0.3, 0.4) is 0 Å². The largest absolute Gasteiger partial charge is 1.00 e. The molecule has 148 heavy (non-hydrogen) atoms. The first-order valence-corrected chi connectivity index (χ1v) is 49.6. The van der Waals surface area contributed by atoms with E-state index in [0.29, 0.717) is 5.52 Å². The van der Waals surface area contributed by atoms with Crippen LogP contribution in [0.25, 0.3) is 200 Å². The maximum atomic E-state index is 11.1. The summed E-state index contributed by atoms with van der Waals surface area (Å²) in [4.78, 5) is 30.0. The van der Waals surface area contributed by atoms with Crippen LogP contribution in [0.15, 0.2) is 534 Å². The Morgan fingerprint density at radius 3 is 0.858 bits per heavy atom. The molecule has 0 radical (unpaired) electrons. The Morgan fingerprint density at radius 2 is 0.500 bits per heavy atom. The Morgan fingerprint density at radius 1 is 0.216 bits per heavy atom. The van der Waals surface area contributed by atoms with E-state index < -0.39 is 0 Å². The Kier molecular flexibility index (Phi) is 28.0. The first-order valence-electron chi connectivity index (χ1n) is 48.6. The van der Waals surface area contributed by atoms with Crippen molar-refractivity contribution in [3.05, 3.63) is 541 Å². The third-order valence-electron chi connectivity index (χ3n) is 27.1. The fourth-order valence-electron chi connectivity index (χ4n) is 20.3. The van der Waals surface area contributed by atoms with Crippen molar-refractivity contribution in [1.82, 2.24) is 43.2 Å². The third-order valence-corrected chi connectivity index (χ3v) is 27.1. The first-order chi connectivity index (χ1) is 71.9. The molecular weight excluding hydrogens is 1810 g/mol. The van der Waals surface area contributed by atoms with Crippen LogP contribution in [0, 0.1) is 7.43 Å². The van der Waals surface area contributed by atoms with Gasteiger partial charge in [0.15, 0.2) is 0 Å². The van der Waals surface area contributed by atoms with E-state index in [2.05, 4.69) is 515 Å². The smallest absolute Gasteiger partial charge is 0.871 e. The molecule has 0 fully saturated rings. The first kappa shape index (κ1) is 96.3. The van der Waals surface area contributed by atoms with Gasteiger partial charge in [0, 0.05) is 118 Å². The Labute approximate surface area is 885 Å². The monoisotopic (exact) mass is 1910 g/mol. The predicted octanol–water partition coefficient (Wildman–Crippen LogP) is 28.5. The molecule has 0 aliphatic carbocycles. The normalized spacial score (nSPS) is 11.0. The zero-order chi connectivity index (χ0) is 97.1. The van der Waals surface area contributed by atoms with Crippen LogP contribution in [-0.4, -0.2) is 49.9 Å². The quantitative estimate of drug-likeness (QED) is 0.0383. The fourth-order valence-corrected chi connectivity index (χ4v) is 20.3. The number of rotatable bonds is 17. The summed E-state index contributed by atoms with van der Waals surface area (Å²) >= 11 is 0. The van der Waals surface area contributed by atoms with E-state index in [9.17, 15) is 5.11 Å². The molecule has 0 bridgehead atoms. The zero-order valence-electron chi connectivity index (χ0n) is 82.1. The Bertz CT molecular complexity index is 8750. The van der Waals surface area contributed by atoms with Gasteiger partial charge in [-0.3, -0.25) is 14.1 Å². The third kappa shape index (κ3) is 18.6. The Hall–Kier alpha value is -17.8. The molecule has 0 aliphatic heterocycles. The molecule has 20 aromatic carbocycles. The van der Waals surface area contributed by atoms with Crippen LogP contribution in [0.5, 0.6) is 5.75 Å². The van der Waals surface area contributed by atoms with Crippen LogP contribution in [0.1, 0.15) is 0 Å². The van der Waals surface area contributed by atoms with Crippen LogP contribution in [0.4, 0.5) is 34.1 Å². The van der Waals surface area contributed by atoms with Crippen LogP contribution >= 0.6 is 9.24 Å². The van der Waals surface area contributed by atoms with Gasteiger partial charge in [0.25, 0.3) is 0 Å². The zero-order valence-corrected chi connectivity index (χ0v) is 83.1. The summed E-state index contributed by atoms with van der Waals surface area (Å²) in [7, 11) is 2.97. The molecule has 27 aromatic rings. The number of aromatic nitrogens is 9. The number of hydrogen-bond acceptors (Lipinski definition) is 8. The average Bonchev–Trinajstić information content (AvgIpc) is 0.753. The van der Waals surface area contributed by atoms with Crippen molar-refractivity contribution >= 4 is 142 Å². The number of hydrogen-bond donors (Lipinski definition) is 0. The number of para-hydroxylation sites is 13. The summed E-state index contributed by atoms with van der Waals surface area (Å²) in [6.07, 6.45) is 1.63. The van der Waals surface area contributed by atoms with E-state index in [0.717, 1.165) is 185 Å². The van der Waals surface area contributed by atoms with E-state index >= 15 is 0 Å². The van der Waals surface area contributed by atoms with Gasteiger partial charge in [0.05, 0.1) is 72.1 Å². The van der Waals surface area contributed by atoms with Crippen molar-refractivity contribution in [2.45, 2.75) is 0 Å². The van der Waals surface area contributed by atoms with Crippen LogP contribution in [0.2, 0.25) is 0 Å². The van der Waals surface area contributed by atoms with Crippen LogP contribution < -0.4 is 52.6 Å². The molecular formula is C133H95Li2N11OP-. The van der Waals surface area contributed by atoms with Gasteiger partial charge in [-0.1, -0.05) is 345 Å². The van der Waals surface area contributed by atoms with Gasteiger partial charge in [-0.15, -0.1) is 0 Å². The van der Waals surface area contributed by atoms with Crippen molar-refractivity contribution in [2.75, 3.05) is 16.5 Å². The molecule has 7 heterocycles. The molecule has 0 aliphatic rings. The minimum atomic E-state index is -0.0110. The van der Waals surface area contributed by atoms with Gasteiger partial charge in [-0.25, -0.2) is 19.9 Å². The van der Waals surface area contributed by atoms with Crippen molar-refractivity contribution < 1.29 is 42.8 Å². The molecule has 0 unspecified atom stereocenters. The van der Waals surface area contributed by atoms with Gasteiger partial charge in [-0.2, -0.15) is 6.66 Å². The summed E-state index contributed by atoms with van der Waals surface area (Å²) in [6, 6.07) is 185. The van der Waals surface area contributed by atoms with Crippen molar-refractivity contribution in [1.29, 1.82) is 0 Å². The molecule has 696 valence electrons. The maximum Gasteiger partial charge on any atom is 1.00 e.